The smallest absolute Gasteiger partial charge is 0.281 e. The zero-order chi connectivity index (χ0) is 15.0. The van der Waals surface area contributed by atoms with Gasteiger partial charge in [-0.15, -0.1) is 0 Å². The van der Waals surface area contributed by atoms with Crippen molar-refractivity contribution in [2.75, 3.05) is 20.2 Å². The van der Waals surface area contributed by atoms with Gasteiger partial charge < -0.3 is 9.64 Å². The van der Waals surface area contributed by atoms with Crippen LogP contribution in [0.3, 0.4) is 0 Å². The van der Waals surface area contributed by atoms with Crippen molar-refractivity contribution >= 4 is 28.6 Å². The molecular formula is C15H22ClNO2S. The maximum atomic E-state index is 12.2. The van der Waals surface area contributed by atoms with Crippen LogP contribution in [0, 0.1) is 0 Å². The lowest BCUT2D eigenvalue weighted by atomic mass is 10.2. The molecule has 0 N–H and O–H groups in total. The predicted molar refractivity (Wildman–Crippen MR) is 86.9 cm³/mol. The number of methoxy groups -OCH3 is 1. The van der Waals surface area contributed by atoms with Crippen LogP contribution < -0.4 is 4.74 Å². The Hall–Kier alpha value is -0.870. The van der Waals surface area contributed by atoms with Crippen LogP contribution in [0.25, 0.3) is 0 Å². The summed E-state index contributed by atoms with van der Waals surface area (Å²) in [7, 11) is 1.62. The molecule has 0 bridgehead atoms. The normalized spacial score (nSPS) is 10.4. The molecule has 0 fully saturated rings. The van der Waals surface area contributed by atoms with E-state index in [2.05, 4.69) is 13.8 Å². The number of nitrogens with zero attached hydrogens (tertiary/aromatic N) is 1. The Morgan fingerprint density at radius 3 is 2.50 bits per heavy atom. The number of ether oxygens (including phenoxy) is 1. The Bertz CT molecular complexity index is 434. The van der Waals surface area contributed by atoms with Gasteiger partial charge in [-0.25, -0.2) is 0 Å². The molecule has 1 aromatic carbocycles. The molecule has 0 radical (unpaired) electrons. The van der Waals surface area contributed by atoms with Crippen LogP contribution in [-0.2, 0) is 5.75 Å². The lowest BCUT2D eigenvalue weighted by molar-refractivity contribution is 0.223. The van der Waals surface area contributed by atoms with E-state index in [1.807, 2.05) is 17.0 Å². The summed E-state index contributed by atoms with van der Waals surface area (Å²) in [5.41, 5.74) is 0.950. The number of rotatable bonds is 7. The highest BCUT2D eigenvalue weighted by Crippen LogP contribution is 2.27. The van der Waals surface area contributed by atoms with Gasteiger partial charge in [-0.05, 0) is 31.0 Å². The number of halogens is 1. The van der Waals surface area contributed by atoms with E-state index < -0.39 is 0 Å². The predicted octanol–water partition coefficient (Wildman–Crippen LogP) is 4.82. The minimum absolute atomic E-state index is 0.121. The first-order valence-corrected chi connectivity index (χ1v) is 8.22. The standard InChI is InChI=1S/C15H22ClNO2S/c1-4-8-17(9-5-2)15(18)20-11-12-10-13(16)6-7-14(12)19-3/h6-7,10H,4-5,8-9,11H2,1-3H3. The fourth-order valence-electron chi connectivity index (χ4n) is 1.92. The molecule has 0 heterocycles. The highest BCUT2D eigenvalue weighted by Gasteiger charge is 2.14. The summed E-state index contributed by atoms with van der Waals surface area (Å²) in [5.74, 6) is 1.35. The van der Waals surface area contributed by atoms with E-state index >= 15 is 0 Å². The van der Waals surface area contributed by atoms with Crippen molar-refractivity contribution in [3.63, 3.8) is 0 Å². The number of hydrogen-bond donors (Lipinski definition) is 0. The minimum Gasteiger partial charge on any atom is -0.496 e. The molecule has 5 heteroatoms. The van der Waals surface area contributed by atoms with E-state index in [4.69, 9.17) is 16.3 Å². The Morgan fingerprint density at radius 1 is 1.30 bits per heavy atom. The van der Waals surface area contributed by atoms with Gasteiger partial charge in [0, 0.05) is 29.4 Å². The van der Waals surface area contributed by atoms with E-state index in [1.54, 1.807) is 13.2 Å². The number of carbonyl (C=O) groups is 1. The molecule has 0 atom stereocenters. The second-order valence-electron chi connectivity index (χ2n) is 4.50. The summed E-state index contributed by atoms with van der Waals surface area (Å²) >= 11 is 7.30. The lowest BCUT2D eigenvalue weighted by Crippen LogP contribution is -2.29. The first-order valence-electron chi connectivity index (χ1n) is 6.86. The molecule has 3 nitrogen and oxygen atoms in total. The summed E-state index contributed by atoms with van der Waals surface area (Å²) in [4.78, 5) is 14.1. The molecule has 0 aromatic heterocycles. The SMILES string of the molecule is CCCN(CCC)C(=O)SCc1cc(Cl)ccc1OC. The van der Waals surface area contributed by atoms with Gasteiger partial charge in [-0.1, -0.05) is 37.2 Å². The van der Waals surface area contributed by atoms with Gasteiger partial charge in [0.1, 0.15) is 5.75 Å². The van der Waals surface area contributed by atoms with Crippen LogP contribution in [0.1, 0.15) is 32.3 Å². The third-order valence-electron chi connectivity index (χ3n) is 2.84. The number of benzene rings is 1. The maximum Gasteiger partial charge on any atom is 0.281 e. The maximum absolute atomic E-state index is 12.2. The Balaban J connectivity index is 2.65. The Kier molecular flexibility index (Phi) is 7.85. The molecule has 1 aromatic rings. The quantitative estimate of drug-likeness (QED) is 0.722. The Labute approximate surface area is 130 Å². The minimum atomic E-state index is 0.121. The van der Waals surface area contributed by atoms with Crippen molar-refractivity contribution in [3.8, 4) is 5.75 Å². The van der Waals surface area contributed by atoms with Crippen LogP contribution in [0.4, 0.5) is 4.79 Å². The summed E-state index contributed by atoms with van der Waals surface area (Å²) in [6, 6.07) is 5.47. The van der Waals surface area contributed by atoms with E-state index in [1.165, 1.54) is 11.8 Å². The molecule has 1 amide bonds. The van der Waals surface area contributed by atoms with Crippen molar-refractivity contribution in [1.82, 2.24) is 4.90 Å². The molecule has 0 aliphatic carbocycles. The van der Waals surface area contributed by atoms with Gasteiger partial charge in [-0.2, -0.15) is 0 Å². The third kappa shape index (κ3) is 5.25. The molecule has 0 unspecified atom stereocenters. The average molecular weight is 316 g/mol. The van der Waals surface area contributed by atoms with Crippen molar-refractivity contribution in [3.05, 3.63) is 28.8 Å². The van der Waals surface area contributed by atoms with Crippen molar-refractivity contribution < 1.29 is 9.53 Å². The van der Waals surface area contributed by atoms with Crippen molar-refractivity contribution in [1.29, 1.82) is 0 Å². The zero-order valence-corrected chi connectivity index (χ0v) is 13.9. The molecule has 0 saturated carbocycles. The summed E-state index contributed by atoms with van der Waals surface area (Å²) in [5, 5.41) is 0.781. The fraction of sp³-hybridized carbons (Fsp3) is 0.533. The number of carbonyl (C=O) groups excluding carboxylic acids is 1. The number of amides is 1. The fourth-order valence-corrected chi connectivity index (χ4v) is 2.99. The van der Waals surface area contributed by atoms with Gasteiger partial charge >= 0.3 is 0 Å². The summed E-state index contributed by atoms with van der Waals surface area (Å²) in [6.07, 6.45) is 1.96. The van der Waals surface area contributed by atoms with Crippen molar-refractivity contribution in [2.24, 2.45) is 0 Å². The van der Waals surface area contributed by atoms with Crippen LogP contribution >= 0.6 is 23.4 Å². The van der Waals surface area contributed by atoms with Gasteiger partial charge in [0.25, 0.3) is 5.24 Å². The number of hydrogen-bond acceptors (Lipinski definition) is 3. The second kappa shape index (κ2) is 9.14. The molecule has 0 aliphatic heterocycles. The van der Waals surface area contributed by atoms with Crippen LogP contribution in [0.2, 0.25) is 5.02 Å². The topological polar surface area (TPSA) is 29.5 Å². The van der Waals surface area contributed by atoms with Crippen LogP contribution in [-0.4, -0.2) is 30.3 Å². The summed E-state index contributed by atoms with van der Waals surface area (Å²) < 4.78 is 5.29. The lowest BCUT2D eigenvalue weighted by Gasteiger charge is -2.20. The second-order valence-corrected chi connectivity index (χ2v) is 5.86. The molecule has 0 spiro atoms. The Morgan fingerprint density at radius 2 is 1.95 bits per heavy atom. The largest absolute Gasteiger partial charge is 0.496 e. The summed E-state index contributed by atoms with van der Waals surface area (Å²) in [6.45, 7) is 5.79. The van der Waals surface area contributed by atoms with E-state index in [-0.39, 0.29) is 5.24 Å². The first kappa shape index (κ1) is 17.2. The van der Waals surface area contributed by atoms with Gasteiger partial charge in [0.05, 0.1) is 7.11 Å². The zero-order valence-electron chi connectivity index (χ0n) is 12.3. The van der Waals surface area contributed by atoms with Gasteiger partial charge in [0.15, 0.2) is 0 Å². The average Bonchev–Trinajstić information content (AvgIpc) is 2.44. The highest BCUT2D eigenvalue weighted by atomic mass is 35.5. The van der Waals surface area contributed by atoms with Gasteiger partial charge in [0.2, 0.25) is 0 Å². The molecular weight excluding hydrogens is 294 g/mol. The van der Waals surface area contributed by atoms with Gasteiger partial charge in [-0.3, -0.25) is 4.79 Å². The van der Waals surface area contributed by atoms with Crippen LogP contribution in [0.15, 0.2) is 18.2 Å². The number of thioether (sulfide) groups is 1. The first-order chi connectivity index (χ1) is 9.62. The molecule has 0 saturated heterocycles. The highest BCUT2D eigenvalue weighted by molar-refractivity contribution is 8.12. The van der Waals surface area contributed by atoms with Crippen LogP contribution in [0.5, 0.6) is 5.75 Å². The molecule has 1 rings (SSSR count). The molecule has 112 valence electrons. The van der Waals surface area contributed by atoms with E-state index in [9.17, 15) is 4.79 Å². The van der Waals surface area contributed by atoms with Crippen molar-refractivity contribution in [2.45, 2.75) is 32.4 Å². The van der Waals surface area contributed by atoms with E-state index in [0.717, 1.165) is 37.2 Å². The third-order valence-corrected chi connectivity index (χ3v) is 4.03. The molecule has 0 aliphatic rings. The van der Waals surface area contributed by atoms with E-state index in [0.29, 0.717) is 10.8 Å². The monoisotopic (exact) mass is 315 g/mol. The molecule has 20 heavy (non-hydrogen) atoms.